The summed E-state index contributed by atoms with van der Waals surface area (Å²) in [4.78, 5) is 13.6. The van der Waals surface area contributed by atoms with Crippen molar-refractivity contribution in [2.45, 2.75) is 11.4 Å². The molecule has 0 aliphatic carbocycles. The first-order valence-electron chi connectivity index (χ1n) is 9.53. The standard InChI is InChI=1S/C24H19FN2O3S/c1-31(29,30)21-9-5-8-19(14-21)22-15-26-27(16-17-6-3-2-4-7-17)24(28)23(22)18-10-12-20(25)13-11-18/h2-15H,16H2,1H3. The number of nitrogens with zero attached hydrogens (tertiary/aromatic N) is 2. The number of aromatic nitrogens is 2. The van der Waals surface area contributed by atoms with Crippen molar-refractivity contribution < 1.29 is 12.8 Å². The van der Waals surface area contributed by atoms with Gasteiger partial charge in [0, 0.05) is 11.8 Å². The Bertz CT molecular complexity index is 1400. The van der Waals surface area contributed by atoms with Crippen molar-refractivity contribution in [1.82, 2.24) is 9.78 Å². The monoisotopic (exact) mass is 434 g/mol. The van der Waals surface area contributed by atoms with Gasteiger partial charge >= 0.3 is 0 Å². The largest absolute Gasteiger partial charge is 0.275 e. The van der Waals surface area contributed by atoms with Crippen LogP contribution >= 0.6 is 0 Å². The molecule has 0 N–H and O–H groups in total. The molecule has 0 bridgehead atoms. The Morgan fingerprint density at radius 2 is 1.61 bits per heavy atom. The maximum atomic E-state index is 13.5. The van der Waals surface area contributed by atoms with Gasteiger partial charge in [-0.05, 0) is 41.0 Å². The summed E-state index contributed by atoms with van der Waals surface area (Å²) in [6, 6.07) is 21.4. The van der Waals surface area contributed by atoms with Crippen LogP contribution < -0.4 is 5.56 Å². The van der Waals surface area contributed by atoms with Crippen molar-refractivity contribution in [3.63, 3.8) is 0 Å². The van der Waals surface area contributed by atoms with Crippen molar-refractivity contribution in [3.05, 3.63) is 107 Å². The highest BCUT2D eigenvalue weighted by Crippen LogP contribution is 2.30. The molecule has 0 aliphatic rings. The van der Waals surface area contributed by atoms with Crippen LogP contribution in [0.4, 0.5) is 4.39 Å². The van der Waals surface area contributed by atoms with Crippen molar-refractivity contribution in [2.24, 2.45) is 0 Å². The fourth-order valence-corrected chi connectivity index (χ4v) is 4.03. The second-order valence-electron chi connectivity index (χ2n) is 7.19. The fraction of sp³-hybridized carbons (Fsp3) is 0.0833. The maximum Gasteiger partial charge on any atom is 0.275 e. The molecule has 1 aromatic heterocycles. The number of hydrogen-bond acceptors (Lipinski definition) is 4. The van der Waals surface area contributed by atoms with Crippen LogP contribution in [-0.4, -0.2) is 24.5 Å². The number of sulfone groups is 1. The zero-order chi connectivity index (χ0) is 22.0. The molecule has 7 heteroatoms. The highest BCUT2D eigenvalue weighted by Gasteiger charge is 2.17. The van der Waals surface area contributed by atoms with Crippen molar-refractivity contribution in [1.29, 1.82) is 0 Å². The van der Waals surface area contributed by atoms with Gasteiger partial charge in [-0.2, -0.15) is 5.10 Å². The molecule has 4 rings (SSSR count). The quantitative estimate of drug-likeness (QED) is 0.473. The van der Waals surface area contributed by atoms with Crippen molar-refractivity contribution >= 4 is 9.84 Å². The lowest BCUT2D eigenvalue weighted by atomic mass is 9.97. The average Bonchev–Trinajstić information content (AvgIpc) is 2.76. The first-order chi connectivity index (χ1) is 14.8. The van der Waals surface area contributed by atoms with E-state index in [0.717, 1.165) is 11.8 Å². The molecule has 5 nitrogen and oxygen atoms in total. The van der Waals surface area contributed by atoms with E-state index in [2.05, 4.69) is 5.10 Å². The normalized spacial score (nSPS) is 11.4. The summed E-state index contributed by atoms with van der Waals surface area (Å²) in [5.74, 6) is -0.414. The van der Waals surface area contributed by atoms with Crippen LogP contribution in [0.25, 0.3) is 22.3 Å². The van der Waals surface area contributed by atoms with Crippen molar-refractivity contribution in [3.8, 4) is 22.3 Å². The Morgan fingerprint density at radius 1 is 0.903 bits per heavy atom. The molecule has 0 spiro atoms. The van der Waals surface area contributed by atoms with Crippen LogP contribution in [0.2, 0.25) is 0 Å². The predicted molar refractivity (Wildman–Crippen MR) is 118 cm³/mol. The van der Waals surface area contributed by atoms with Crippen molar-refractivity contribution in [2.75, 3.05) is 6.26 Å². The van der Waals surface area contributed by atoms with Gasteiger partial charge in [0.15, 0.2) is 9.84 Å². The SMILES string of the molecule is CS(=O)(=O)c1cccc(-c2cnn(Cc3ccccc3)c(=O)c2-c2ccc(F)cc2)c1. The highest BCUT2D eigenvalue weighted by molar-refractivity contribution is 7.90. The van der Waals surface area contributed by atoms with Crippen LogP contribution in [0, 0.1) is 5.82 Å². The van der Waals surface area contributed by atoms with E-state index in [1.165, 1.54) is 41.1 Å². The predicted octanol–water partition coefficient (Wildman–Crippen LogP) is 4.17. The third-order valence-electron chi connectivity index (χ3n) is 4.93. The molecule has 0 unspecified atom stereocenters. The Balaban J connectivity index is 1.92. The van der Waals surface area contributed by atoms with Gasteiger partial charge in [-0.1, -0.05) is 54.6 Å². The zero-order valence-corrected chi connectivity index (χ0v) is 17.5. The number of rotatable bonds is 5. The molecule has 31 heavy (non-hydrogen) atoms. The van der Waals surface area contributed by atoms with Gasteiger partial charge in [-0.3, -0.25) is 4.79 Å². The van der Waals surface area contributed by atoms with E-state index in [1.807, 2.05) is 30.3 Å². The smallest absolute Gasteiger partial charge is 0.267 e. The molecule has 0 saturated heterocycles. The second kappa shape index (κ2) is 8.28. The van der Waals surface area contributed by atoms with E-state index in [9.17, 15) is 17.6 Å². The molecule has 3 aromatic carbocycles. The molecule has 0 radical (unpaired) electrons. The lowest BCUT2D eigenvalue weighted by molar-refractivity contribution is 0.602. The molecular weight excluding hydrogens is 415 g/mol. The zero-order valence-electron chi connectivity index (χ0n) is 16.7. The minimum Gasteiger partial charge on any atom is -0.267 e. The molecule has 0 aliphatic heterocycles. The molecule has 0 fully saturated rings. The third-order valence-corrected chi connectivity index (χ3v) is 6.04. The Hall–Kier alpha value is -3.58. The van der Waals surface area contributed by atoms with Crippen LogP contribution in [-0.2, 0) is 16.4 Å². The molecule has 0 atom stereocenters. The summed E-state index contributed by atoms with van der Waals surface area (Å²) in [5, 5.41) is 4.33. The summed E-state index contributed by atoms with van der Waals surface area (Å²) in [6.07, 6.45) is 2.67. The Kier molecular flexibility index (Phi) is 5.52. The van der Waals surface area contributed by atoms with Crippen LogP contribution in [0.15, 0.2) is 94.7 Å². The first kappa shape index (κ1) is 20.7. The summed E-state index contributed by atoms with van der Waals surface area (Å²) in [6.45, 7) is 0.275. The summed E-state index contributed by atoms with van der Waals surface area (Å²) in [7, 11) is -3.43. The lowest BCUT2D eigenvalue weighted by Crippen LogP contribution is -2.25. The van der Waals surface area contributed by atoms with Gasteiger partial charge in [-0.15, -0.1) is 0 Å². The molecule has 0 amide bonds. The van der Waals surface area contributed by atoms with Gasteiger partial charge in [0.05, 0.1) is 23.2 Å². The van der Waals surface area contributed by atoms with E-state index >= 15 is 0 Å². The highest BCUT2D eigenvalue weighted by atomic mass is 32.2. The van der Waals surface area contributed by atoms with E-state index < -0.39 is 15.7 Å². The third kappa shape index (κ3) is 4.46. The van der Waals surface area contributed by atoms with Crippen LogP contribution in [0.1, 0.15) is 5.56 Å². The molecule has 156 valence electrons. The minimum absolute atomic E-state index is 0.142. The van der Waals surface area contributed by atoms with Gasteiger partial charge < -0.3 is 0 Å². The van der Waals surface area contributed by atoms with Gasteiger partial charge in [0.2, 0.25) is 0 Å². The number of benzene rings is 3. The molecule has 4 aromatic rings. The summed E-state index contributed by atoms with van der Waals surface area (Å²) in [5.41, 5.74) is 2.43. The Labute approximate surface area is 179 Å². The fourth-order valence-electron chi connectivity index (χ4n) is 3.37. The van der Waals surface area contributed by atoms with Gasteiger partial charge in [-0.25, -0.2) is 17.5 Å². The summed E-state index contributed by atoms with van der Waals surface area (Å²) < 4.78 is 38.9. The summed E-state index contributed by atoms with van der Waals surface area (Å²) >= 11 is 0. The second-order valence-corrected chi connectivity index (χ2v) is 9.20. The van der Waals surface area contributed by atoms with Gasteiger partial charge in [0.1, 0.15) is 5.82 Å². The topological polar surface area (TPSA) is 69.0 Å². The van der Waals surface area contributed by atoms with Crippen LogP contribution in [0.3, 0.4) is 0 Å². The van der Waals surface area contributed by atoms with E-state index in [0.29, 0.717) is 22.3 Å². The molecular formula is C24H19FN2O3S. The maximum absolute atomic E-state index is 13.5. The van der Waals surface area contributed by atoms with E-state index in [1.54, 1.807) is 18.3 Å². The molecule has 1 heterocycles. The lowest BCUT2D eigenvalue weighted by Gasteiger charge is -2.13. The van der Waals surface area contributed by atoms with Gasteiger partial charge in [0.25, 0.3) is 5.56 Å². The Morgan fingerprint density at radius 3 is 2.29 bits per heavy atom. The number of halogens is 1. The van der Waals surface area contributed by atoms with E-state index in [-0.39, 0.29) is 17.0 Å². The van der Waals surface area contributed by atoms with Crippen LogP contribution in [0.5, 0.6) is 0 Å². The number of hydrogen-bond donors (Lipinski definition) is 0. The minimum atomic E-state index is -3.43. The molecule has 0 saturated carbocycles. The van der Waals surface area contributed by atoms with E-state index in [4.69, 9.17) is 0 Å². The average molecular weight is 434 g/mol. The first-order valence-corrected chi connectivity index (χ1v) is 11.4.